The van der Waals surface area contributed by atoms with Crippen LogP contribution in [0.15, 0.2) is 54.6 Å². The van der Waals surface area contributed by atoms with Gasteiger partial charge in [-0.2, -0.15) is 0 Å². The average Bonchev–Trinajstić information content (AvgIpc) is 2.79. The molecule has 0 aliphatic carbocycles. The summed E-state index contributed by atoms with van der Waals surface area (Å²) in [5.74, 6) is -0.319. The van der Waals surface area contributed by atoms with Gasteiger partial charge in [-0.05, 0) is 30.0 Å². The molecule has 1 heterocycles. The molecule has 1 saturated heterocycles. The number of rotatable bonds is 9. The largest absolute Gasteiger partial charge is 0.353 e. The van der Waals surface area contributed by atoms with Gasteiger partial charge in [0, 0.05) is 51.4 Å². The topological polar surface area (TPSA) is 64.7 Å². The Labute approximate surface area is 192 Å². The van der Waals surface area contributed by atoms with E-state index in [1.165, 1.54) is 5.56 Å². The first kappa shape index (κ1) is 24.0. The van der Waals surface area contributed by atoms with E-state index in [1.54, 1.807) is 6.07 Å². The molecule has 1 fully saturated rings. The normalized spacial score (nSPS) is 16.0. The molecule has 1 unspecified atom stereocenters. The third-order valence-corrected chi connectivity index (χ3v) is 6.07. The Morgan fingerprint density at radius 2 is 1.53 bits per heavy atom. The van der Waals surface area contributed by atoms with E-state index in [4.69, 9.17) is 0 Å². The molecule has 1 aliphatic rings. The van der Waals surface area contributed by atoms with Crippen molar-refractivity contribution in [3.63, 3.8) is 0 Å². The first-order valence-electron chi connectivity index (χ1n) is 11.6. The summed E-state index contributed by atoms with van der Waals surface area (Å²) in [7, 11) is 0. The van der Waals surface area contributed by atoms with Gasteiger partial charge in [0.2, 0.25) is 5.91 Å². The van der Waals surface area contributed by atoms with Crippen LogP contribution in [0.3, 0.4) is 0 Å². The van der Waals surface area contributed by atoms with Crippen molar-refractivity contribution in [2.75, 3.05) is 39.3 Å². The second kappa shape index (κ2) is 11.8. The number of hydrogen-bond donors (Lipinski definition) is 2. The van der Waals surface area contributed by atoms with Crippen molar-refractivity contribution in [2.24, 2.45) is 5.92 Å². The molecule has 1 aliphatic heterocycles. The number of carbonyl (C=O) groups excluding carboxylic acids is 2. The minimum atomic E-state index is -0.551. The van der Waals surface area contributed by atoms with Gasteiger partial charge in [0.15, 0.2) is 0 Å². The SMILES string of the molecule is Cc1ccccc1C(=O)NC(C(=O)NCCN1CCN(Cc2ccccc2)CC1)C(C)C. The molecule has 1 atom stereocenters. The number of piperazine rings is 1. The van der Waals surface area contributed by atoms with Crippen molar-refractivity contribution in [2.45, 2.75) is 33.4 Å². The Morgan fingerprint density at radius 3 is 2.19 bits per heavy atom. The van der Waals surface area contributed by atoms with E-state index in [2.05, 4.69) is 44.7 Å². The fourth-order valence-corrected chi connectivity index (χ4v) is 4.04. The van der Waals surface area contributed by atoms with Crippen molar-refractivity contribution < 1.29 is 9.59 Å². The summed E-state index contributed by atoms with van der Waals surface area (Å²) in [6.07, 6.45) is 0. The van der Waals surface area contributed by atoms with Gasteiger partial charge in [0.05, 0.1) is 0 Å². The van der Waals surface area contributed by atoms with Crippen LogP contribution in [-0.4, -0.2) is 66.9 Å². The number of nitrogens with one attached hydrogen (secondary N) is 2. The van der Waals surface area contributed by atoms with E-state index in [0.29, 0.717) is 12.1 Å². The van der Waals surface area contributed by atoms with Crippen molar-refractivity contribution in [1.29, 1.82) is 0 Å². The highest BCUT2D eigenvalue weighted by molar-refractivity contribution is 5.98. The highest BCUT2D eigenvalue weighted by Crippen LogP contribution is 2.10. The van der Waals surface area contributed by atoms with Crippen LogP contribution in [-0.2, 0) is 11.3 Å². The van der Waals surface area contributed by atoms with Crippen molar-refractivity contribution in [3.8, 4) is 0 Å². The Bertz CT molecular complexity index is 876. The molecule has 2 aromatic rings. The van der Waals surface area contributed by atoms with Gasteiger partial charge >= 0.3 is 0 Å². The van der Waals surface area contributed by atoms with Gasteiger partial charge in [-0.15, -0.1) is 0 Å². The zero-order valence-electron chi connectivity index (χ0n) is 19.5. The van der Waals surface area contributed by atoms with Crippen LogP contribution >= 0.6 is 0 Å². The summed E-state index contributed by atoms with van der Waals surface area (Å²) in [5, 5.41) is 5.94. The third-order valence-electron chi connectivity index (χ3n) is 6.07. The molecular weight excluding hydrogens is 400 g/mol. The molecule has 0 bridgehead atoms. The molecular formula is C26H36N4O2. The molecule has 2 aromatic carbocycles. The molecule has 2 amide bonds. The van der Waals surface area contributed by atoms with Crippen LogP contribution in [0.25, 0.3) is 0 Å². The summed E-state index contributed by atoms with van der Waals surface area (Å²) in [5.41, 5.74) is 2.86. The van der Waals surface area contributed by atoms with Crippen LogP contribution < -0.4 is 10.6 Å². The van der Waals surface area contributed by atoms with Gasteiger partial charge in [-0.1, -0.05) is 62.4 Å². The van der Waals surface area contributed by atoms with E-state index in [0.717, 1.165) is 44.8 Å². The van der Waals surface area contributed by atoms with E-state index in [-0.39, 0.29) is 17.7 Å². The fraction of sp³-hybridized carbons (Fsp3) is 0.462. The number of amides is 2. The highest BCUT2D eigenvalue weighted by atomic mass is 16.2. The average molecular weight is 437 g/mol. The number of aryl methyl sites for hydroxylation is 1. The maximum Gasteiger partial charge on any atom is 0.252 e. The molecule has 0 saturated carbocycles. The smallest absolute Gasteiger partial charge is 0.252 e. The fourth-order valence-electron chi connectivity index (χ4n) is 4.04. The molecule has 6 nitrogen and oxygen atoms in total. The molecule has 0 aromatic heterocycles. The predicted molar refractivity (Wildman–Crippen MR) is 128 cm³/mol. The highest BCUT2D eigenvalue weighted by Gasteiger charge is 2.25. The number of hydrogen-bond acceptors (Lipinski definition) is 4. The van der Waals surface area contributed by atoms with E-state index >= 15 is 0 Å². The lowest BCUT2D eigenvalue weighted by Crippen LogP contribution is -2.52. The van der Waals surface area contributed by atoms with Gasteiger partial charge in [0.1, 0.15) is 6.04 Å². The van der Waals surface area contributed by atoms with Crippen LogP contribution in [0.4, 0.5) is 0 Å². The standard InChI is InChI=1S/C26H36N4O2/c1-20(2)24(28-25(31)23-12-8-7-9-21(23)3)26(32)27-13-14-29-15-17-30(18-16-29)19-22-10-5-4-6-11-22/h4-12,20,24H,13-19H2,1-3H3,(H,27,32)(H,28,31). The minimum Gasteiger partial charge on any atom is -0.353 e. The van der Waals surface area contributed by atoms with E-state index in [1.807, 2.05) is 45.0 Å². The lowest BCUT2D eigenvalue weighted by atomic mass is 10.0. The number of nitrogens with zero attached hydrogens (tertiary/aromatic N) is 2. The molecule has 0 radical (unpaired) electrons. The lowest BCUT2D eigenvalue weighted by molar-refractivity contribution is -0.124. The van der Waals surface area contributed by atoms with Crippen LogP contribution in [0.2, 0.25) is 0 Å². The summed E-state index contributed by atoms with van der Waals surface area (Å²) >= 11 is 0. The predicted octanol–water partition coefficient (Wildman–Crippen LogP) is 2.68. The molecule has 0 spiro atoms. The van der Waals surface area contributed by atoms with Gasteiger partial charge < -0.3 is 10.6 Å². The quantitative estimate of drug-likeness (QED) is 0.634. The first-order valence-corrected chi connectivity index (χ1v) is 11.6. The molecule has 32 heavy (non-hydrogen) atoms. The van der Waals surface area contributed by atoms with Crippen molar-refractivity contribution >= 4 is 11.8 Å². The zero-order chi connectivity index (χ0) is 22.9. The second-order valence-corrected chi connectivity index (χ2v) is 8.90. The van der Waals surface area contributed by atoms with Gasteiger partial charge in [-0.25, -0.2) is 0 Å². The Kier molecular flexibility index (Phi) is 8.82. The number of benzene rings is 2. The Hall–Kier alpha value is -2.70. The van der Waals surface area contributed by atoms with Crippen molar-refractivity contribution in [3.05, 3.63) is 71.3 Å². The van der Waals surface area contributed by atoms with Crippen LogP contribution in [0, 0.1) is 12.8 Å². The molecule has 6 heteroatoms. The van der Waals surface area contributed by atoms with Gasteiger partial charge in [0.25, 0.3) is 5.91 Å². The van der Waals surface area contributed by atoms with Crippen LogP contribution in [0.5, 0.6) is 0 Å². The summed E-state index contributed by atoms with van der Waals surface area (Å²) < 4.78 is 0. The second-order valence-electron chi connectivity index (χ2n) is 8.90. The maximum atomic E-state index is 12.8. The summed E-state index contributed by atoms with van der Waals surface area (Å²) in [6.45, 7) is 12.3. The molecule has 172 valence electrons. The minimum absolute atomic E-state index is 0.00417. The monoisotopic (exact) mass is 436 g/mol. The van der Waals surface area contributed by atoms with Crippen LogP contribution in [0.1, 0.15) is 35.3 Å². The molecule has 2 N–H and O–H groups in total. The summed E-state index contributed by atoms with van der Waals surface area (Å²) in [6, 6.07) is 17.4. The van der Waals surface area contributed by atoms with Gasteiger partial charge in [-0.3, -0.25) is 19.4 Å². The van der Waals surface area contributed by atoms with Crippen molar-refractivity contribution in [1.82, 2.24) is 20.4 Å². The van der Waals surface area contributed by atoms with E-state index in [9.17, 15) is 9.59 Å². The van der Waals surface area contributed by atoms with E-state index < -0.39 is 6.04 Å². The third kappa shape index (κ3) is 6.90. The first-order chi connectivity index (χ1) is 15.4. The number of carbonyl (C=O) groups is 2. The summed E-state index contributed by atoms with van der Waals surface area (Å²) in [4.78, 5) is 30.3. The molecule has 3 rings (SSSR count). The maximum absolute atomic E-state index is 12.8. The lowest BCUT2D eigenvalue weighted by Gasteiger charge is -2.34. The Morgan fingerprint density at radius 1 is 0.906 bits per heavy atom. The Balaban J connectivity index is 1.41. The zero-order valence-corrected chi connectivity index (χ0v) is 19.5.